The Kier molecular flexibility index (Phi) is 4.40. The fourth-order valence-corrected chi connectivity index (χ4v) is 4.69. The van der Waals surface area contributed by atoms with E-state index in [2.05, 4.69) is 5.16 Å². The predicted octanol–water partition coefficient (Wildman–Crippen LogP) is 4.61. The summed E-state index contributed by atoms with van der Waals surface area (Å²) in [5, 5.41) is 4.60. The molecule has 30 heavy (non-hydrogen) atoms. The van der Waals surface area contributed by atoms with Crippen molar-refractivity contribution >= 4 is 23.5 Å². The van der Waals surface area contributed by atoms with E-state index in [-0.39, 0.29) is 11.9 Å². The molecule has 1 saturated heterocycles. The normalized spacial score (nSPS) is 20.3. The van der Waals surface area contributed by atoms with Gasteiger partial charge < -0.3 is 14.2 Å². The number of aromatic nitrogens is 1. The van der Waals surface area contributed by atoms with Gasteiger partial charge in [-0.15, -0.1) is 0 Å². The van der Waals surface area contributed by atoms with E-state index >= 15 is 0 Å². The highest BCUT2D eigenvalue weighted by molar-refractivity contribution is 6.33. The third kappa shape index (κ3) is 2.82. The first kappa shape index (κ1) is 18.9. The first-order chi connectivity index (χ1) is 14.5. The second kappa shape index (κ2) is 6.99. The van der Waals surface area contributed by atoms with Gasteiger partial charge in [-0.25, -0.2) is 4.79 Å². The van der Waals surface area contributed by atoms with Crippen LogP contribution in [0.15, 0.2) is 53.1 Å². The molecule has 7 heteroatoms. The highest BCUT2D eigenvalue weighted by atomic mass is 35.5. The van der Waals surface area contributed by atoms with Crippen LogP contribution in [-0.2, 0) is 10.3 Å². The number of ether oxygens (including phenoxy) is 1. The molecule has 3 aromatic rings. The van der Waals surface area contributed by atoms with E-state index in [1.54, 1.807) is 24.0 Å². The number of hydrogen-bond acceptors (Lipinski definition) is 5. The molecule has 1 spiro atoms. The number of rotatable bonds is 2. The van der Waals surface area contributed by atoms with Crippen molar-refractivity contribution in [1.82, 2.24) is 10.1 Å². The maximum absolute atomic E-state index is 13.6. The van der Waals surface area contributed by atoms with Crippen LogP contribution in [0, 0.1) is 6.92 Å². The highest BCUT2D eigenvalue weighted by Crippen LogP contribution is 2.43. The average molecular weight is 423 g/mol. The molecular formula is C23H19ClN2O4. The van der Waals surface area contributed by atoms with E-state index in [0.717, 1.165) is 12.0 Å². The molecule has 0 saturated carbocycles. The van der Waals surface area contributed by atoms with Gasteiger partial charge in [0.2, 0.25) is 0 Å². The summed E-state index contributed by atoms with van der Waals surface area (Å²) >= 11 is 6.34. The van der Waals surface area contributed by atoms with Gasteiger partial charge in [0.1, 0.15) is 17.0 Å². The number of carbonyl (C=O) groups excluding carboxylic acids is 2. The van der Waals surface area contributed by atoms with Crippen LogP contribution in [0.1, 0.15) is 44.9 Å². The zero-order chi connectivity index (χ0) is 20.9. The van der Waals surface area contributed by atoms with Crippen molar-refractivity contribution in [3.8, 4) is 11.3 Å². The number of esters is 1. The maximum atomic E-state index is 13.6. The Balaban J connectivity index is 1.51. The van der Waals surface area contributed by atoms with E-state index in [1.165, 1.54) is 0 Å². The van der Waals surface area contributed by atoms with Gasteiger partial charge in [-0.2, -0.15) is 0 Å². The zero-order valence-corrected chi connectivity index (χ0v) is 17.1. The molecule has 1 atom stereocenters. The van der Waals surface area contributed by atoms with Gasteiger partial charge in [0.25, 0.3) is 5.91 Å². The van der Waals surface area contributed by atoms with Gasteiger partial charge in [-0.3, -0.25) is 4.79 Å². The fourth-order valence-electron chi connectivity index (χ4n) is 4.46. The first-order valence-electron chi connectivity index (χ1n) is 9.83. The zero-order valence-electron chi connectivity index (χ0n) is 16.4. The van der Waals surface area contributed by atoms with Crippen LogP contribution in [-0.4, -0.2) is 35.0 Å². The lowest BCUT2D eigenvalue weighted by atomic mass is 9.84. The Morgan fingerprint density at radius 1 is 1.13 bits per heavy atom. The molecule has 0 aliphatic carbocycles. The molecule has 5 rings (SSSR count). The second-order valence-electron chi connectivity index (χ2n) is 7.70. The third-order valence-electron chi connectivity index (χ3n) is 5.87. The third-order valence-corrected chi connectivity index (χ3v) is 6.20. The smallest absolute Gasteiger partial charge is 0.339 e. The van der Waals surface area contributed by atoms with Crippen LogP contribution in [0.2, 0.25) is 5.02 Å². The summed E-state index contributed by atoms with van der Waals surface area (Å²) in [5.41, 5.74) is 2.07. The summed E-state index contributed by atoms with van der Waals surface area (Å²) in [5.74, 6) is -0.112. The molecule has 2 aromatic carbocycles. The minimum atomic E-state index is -0.808. The number of aryl methyl sites for hydroxylation is 1. The van der Waals surface area contributed by atoms with Crippen molar-refractivity contribution in [2.24, 2.45) is 0 Å². The van der Waals surface area contributed by atoms with E-state index in [0.29, 0.717) is 52.7 Å². The lowest BCUT2D eigenvalue weighted by Gasteiger charge is -2.39. The molecular weight excluding hydrogens is 404 g/mol. The largest absolute Gasteiger partial charge is 0.449 e. The highest BCUT2D eigenvalue weighted by Gasteiger charge is 2.49. The number of amides is 1. The van der Waals surface area contributed by atoms with Crippen LogP contribution in [0.4, 0.5) is 0 Å². The van der Waals surface area contributed by atoms with E-state index in [9.17, 15) is 9.59 Å². The SMILES string of the molecule is Cc1onc(-c2ccccc2Cl)c1C(=O)N1CCCC2(C1)OC(=O)c1ccccc12. The van der Waals surface area contributed by atoms with Crippen LogP contribution >= 0.6 is 11.6 Å². The Hall–Kier alpha value is -3.12. The van der Waals surface area contributed by atoms with Crippen molar-refractivity contribution in [1.29, 1.82) is 0 Å². The predicted molar refractivity (Wildman–Crippen MR) is 110 cm³/mol. The number of likely N-dealkylation sites (tertiary alicyclic amines) is 1. The monoisotopic (exact) mass is 422 g/mol. The molecule has 3 heterocycles. The maximum Gasteiger partial charge on any atom is 0.339 e. The lowest BCUT2D eigenvalue weighted by Crippen LogP contribution is -2.48. The van der Waals surface area contributed by atoms with Gasteiger partial charge in [-0.05, 0) is 31.9 Å². The van der Waals surface area contributed by atoms with Crippen LogP contribution in [0.3, 0.4) is 0 Å². The summed E-state index contributed by atoms with van der Waals surface area (Å²) < 4.78 is 11.2. The van der Waals surface area contributed by atoms with Gasteiger partial charge in [0.15, 0.2) is 5.60 Å². The molecule has 0 N–H and O–H groups in total. The molecule has 1 aromatic heterocycles. The number of benzene rings is 2. The van der Waals surface area contributed by atoms with E-state index in [4.69, 9.17) is 20.9 Å². The summed E-state index contributed by atoms with van der Waals surface area (Å²) in [6.07, 6.45) is 1.40. The van der Waals surface area contributed by atoms with Crippen molar-refractivity contribution in [3.05, 3.63) is 76.0 Å². The summed E-state index contributed by atoms with van der Waals surface area (Å²) in [6, 6.07) is 14.6. The standard InChI is InChI=1S/C23H19ClN2O4/c1-14-19(20(25-30-14)16-8-3-5-10-18(16)24)21(27)26-12-6-11-23(13-26)17-9-4-2-7-15(17)22(28)29-23/h2-5,7-10H,6,11-13H2,1H3. The molecule has 2 aliphatic heterocycles. The molecule has 152 valence electrons. The molecule has 0 bridgehead atoms. The summed E-state index contributed by atoms with van der Waals surface area (Å²) in [4.78, 5) is 27.7. The van der Waals surface area contributed by atoms with Gasteiger partial charge in [-0.1, -0.05) is 53.2 Å². The number of hydrogen-bond donors (Lipinski definition) is 0. The topological polar surface area (TPSA) is 72.6 Å². The van der Waals surface area contributed by atoms with Crippen LogP contribution in [0.25, 0.3) is 11.3 Å². The van der Waals surface area contributed by atoms with E-state index in [1.807, 2.05) is 36.4 Å². The van der Waals surface area contributed by atoms with Gasteiger partial charge in [0.05, 0.1) is 17.1 Å². The van der Waals surface area contributed by atoms with Crippen LogP contribution < -0.4 is 0 Å². The Morgan fingerprint density at radius 2 is 1.87 bits per heavy atom. The molecule has 1 fully saturated rings. The van der Waals surface area contributed by atoms with Gasteiger partial charge in [0, 0.05) is 17.7 Å². The number of carbonyl (C=O) groups is 2. The quantitative estimate of drug-likeness (QED) is 0.564. The van der Waals surface area contributed by atoms with Crippen LogP contribution in [0.5, 0.6) is 0 Å². The Bertz CT molecular complexity index is 1170. The molecule has 1 amide bonds. The summed E-state index contributed by atoms with van der Waals surface area (Å²) in [6.45, 7) is 2.57. The van der Waals surface area contributed by atoms with Crippen molar-refractivity contribution in [3.63, 3.8) is 0 Å². The van der Waals surface area contributed by atoms with E-state index < -0.39 is 5.60 Å². The minimum absolute atomic E-state index is 0.205. The average Bonchev–Trinajstić information content (AvgIpc) is 3.26. The minimum Gasteiger partial charge on any atom is -0.449 e. The summed E-state index contributed by atoms with van der Waals surface area (Å²) in [7, 11) is 0. The second-order valence-corrected chi connectivity index (χ2v) is 8.11. The Labute approximate surface area is 178 Å². The Morgan fingerprint density at radius 3 is 2.67 bits per heavy atom. The van der Waals surface area contributed by atoms with Crippen molar-refractivity contribution in [2.75, 3.05) is 13.1 Å². The number of halogens is 1. The lowest BCUT2D eigenvalue weighted by molar-refractivity contribution is -0.0442. The van der Waals surface area contributed by atoms with Crippen molar-refractivity contribution in [2.45, 2.75) is 25.4 Å². The molecule has 6 nitrogen and oxygen atoms in total. The number of nitrogens with zero attached hydrogens (tertiary/aromatic N) is 2. The number of fused-ring (bicyclic) bond motifs is 2. The molecule has 0 radical (unpaired) electrons. The molecule has 2 aliphatic rings. The fraction of sp³-hybridized carbons (Fsp3) is 0.261. The first-order valence-corrected chi connectivity index (χ1v) is 10.2. The number of piperidine rings is 1. The van der Waals surface area contributed by atoms with Gasteiger partial charge >= 0.3 is 5.97 Å². The van der Waals surface area contributed by atoms with Crippen molar-refractivity contribution < 1.29 is 18.8 Å². The molecule has 1 unspecified atom stereocenters.